The van der Waals surface area contributed by atoms with Gasteiger partial charge in [0.15, 0.2) is 17.3 Å². The number of aryl methyl sites for hydroxylation is 1. The number of carboxylic acid groups (broad SMARTS) is 1. The maximum atomic E-state index is 13.8. The van der Waals surface area contributed by atoms with E-state index in [1.54, 1.807) is 17.0 Å². The number of rotatable bonds is 6. The Morgan fingerprint density at radius 3 is 1.85 bits per heavy atom. The van der Waals surface area contributed by atoms with Crippen molar-refractivity contribution in [3.63, 3.8) is 0 Å². The average molecular weight is 597 g/mol. The van der Waals surface area contributed by atoms with Gasteiger partial charge in [-0.15, -0.1) is 0 Å². The second-order valence-corrected chi connectivity index (χ2v) is 13.9. The summed E-state index contributed by atoms with van der Waals surface area (Å²) in [7, 11) is 0. The second-order valence-electron chi connectivity index (χ2n) is 13.1. The first-order valence-electron chi connectivity index (χ1n) is 13.8. The molecule has 216 valence electrons. The van der Waals surface area contributed by atoms with E-state index in [9.17, 15) is 19.5 Å². The topological polar surface area (TPSA) is 83.9 Å². The van der Waals surface area contributed by atoms with Crippen LogP contribution in [0.3, 0.4) is 0 Å². The van der Waals surface area contributed by atoms with Crippen molar-refractivity contribution in [1.82, 2.24) is 4.90 Å². The van der Waals surface area contributed by atoms with E-state index < -0.39 is 11.9 Å². The highest BCUT2D eigenvalue weighted by atomic mass is 35.5. The van der Waals surface area contributed by atoms with Crippen LogP contribution < -0.4 is 4.74 Å². The predicted molar refractivity (Wildman–Crippen MR) is 159 cm³/mol. The standard InChI is InChI=1S/C33H35Cl2NO5/c1-18-6-8-19(9-7-18)17-41-31-21(34)10-20(11-22(31)35)28-29-23(12-32(2,3)14-25(29)37)36(16-27(39)40)24-13-33(4,5)15-26(38)30(24)28/h6-11,28H,12-17H2,1-5H3,(H,39,40). The van der Waals surface area contributed by atoms with Gasteiger partial charge in [0.1, 0.15) is 13.2 Å². The summed E-state index contributed by atoms with van der Waals surface area (Å²) in [4.78, 5) is 41.4. The van der Waals surface area contributed by atoms with Gasteiger partial charge in [-0.05, 0) is 53.9 Å². The van der Waals surface area contributed by atoms with Crippen LogP contribution in [0, 0.1) is 17.8 Å². The summed E-state index contributed by atoms with van der Waals surface area (Å²) >= 11 is 13.5. The molecule has 0 saturated carbocycles. The molecule has 1 aliphatic heterocycles. The van der Waals surface area contributed by atoms with Crippen LogP contribution in [-0.4, -0.2) is 34.1 Å². The van der Waals surface area contributed by atoms with Crippen molar-refractivity contribution in [1.29, 1.82) is 0 Å². The summed E-state index contributed by atoms with van der Waals surface area (Å²) in [5.41, 5.74) is 4.32. The first-order valence-corrected chi connectivity index (χ1v) is 14.6. The Morgan fingerprint density at radius 2 is 1.39 bits per heavy atom. The third-order valence-corrected chi connectivity index (χ3v) is 8.73. The maximum absolute atomic E-state index is 13.8. The largest absolute Gasteiger partial charge is 0.486 e. The first kappa shape index (κ1) is 29.4. The molecule has 0 aromatic heterocycles. The van der Waals surface area contributed by atoms with Gasteiger partial charge < -0.3 is 14.7 Å². The number of hydrogen-bond acceptors (Lipinski definition) is 5. The molecule has 41 heavy (non-hydrogen) atoms. The summed E-state index contributed by atoms with van der Waals surface area (Å²) in [5, 5.41) is 10.4. The lowest BCUT2D eigenvalue weighted by atomic mass is 9.63. The van der Waals surface area contributed by atoms with Gasteiger partial charge in [-0.25, -0.2) is 0 Å². The van der Waals surface area contributed by atoms with E-state index in [0.717, 1.165) is 11.1 Å². The predicted octanol–water partition coefficient (Wildman–Crippen LogP) is 7.65. The Hall–Kier alpha value is -3.09. The summed E-state index contributed by atoms with van der Waals surface area (Å²) in [6.07, 6.45) is 1.63. The van der Waals surface area contributed by atoms with Crippen molar-refractivity contribution in [2.24, 2.45) is 10.8 Å². The number of Topliss-reactive ketones (excluding diaryl/α,β-unsaturated/α-hetero) is 2. The van der Waals surface area contributed by atoms with Gasteiger partial charge in [-0.3, -0.25) is 14.4 Å². The zero-order valence-electron chi connectivity index (χ0n) is 24.1. The van der Waals surface area contributed by atoms with Crippen LogP contribution in [0.1, 0.15) is 76.0 Å². The third-order valence-electron chi connectivity index (χ3n) is 8.17. The molecule has 5 rings (SSSR count). The number of hydrogen-bond donors (Lipinski definition) is 1. The highest BCUT2D eigenvalue weighted by molar-refractivity contribution is 6.37. The molecular weight excluding hydrogens is 561 g/mol. The first-order chi connectivity index (χ1) is 19.2. The minimum absolute atomic E-state index is 0.0900. The number of carbonyl (C=O) groups excluding carboxylic acids is 2. The molecule has 8 heteroatoms. The summed E-state index contributed by atoms with van der Waals surface area (Å²) < 4.78 is 6.01. The van der Waals surface area contributed by atoms with E-state index in [1.807, 2.05) is 58.9 Å². The van der Waals surface area contributed by atoms with Crippen LogP contribution in [0.2, 0.25) is 10.0 Å². The highest BCUT2D eigenvalue weighted by Crippen LogP contribution is 2.55. The molecule has 0 amide bonds. The maximum Gasteiger partial charge on any atom is 0.323 e. The lowest BCUT2D eigenvalue weighted by Gasteiger charge is -2.48. The molecule has 1 N–H and O–H groups in total. The minimum Gasteiger partial charge on any atom is -0.486 e. The van der Waals surface area contributed by atoms with E-state index in [4.69, 9.17) is 27.9 Å². The van der Waals surface area contributed by atoms with Crippen LogP contribution in [-0.2, 0) is 21.0 Å². The van der Waals surface area contributed by atoms with Crippen LogP contribution in [0.5, 0.6) is 5.75 Å². The van der Waals surface area contributed by atoms with Crippen molar-refractivity contribution in [2.45, 2.75) is 72.8 Å². The van der Waals surface area contributed by atoms with E-state index in [0.29, 0.717) is 59.5 Å². The number of halogens is 2. The van der Waals surface area contributed by atoms with Crippen molar-refractivity contribution >= 4 is 40.7 Å². The zero-order valence-corrected chi connectivity index (χ0v) is 25.6. The smallest absolute Gasteiger partial charge is 0.323 e. The van der Waals surface area contributed by atoms with Gasteiger partial charge in [0.2, 0.25) is 0 Å². The molecule has 1 heterocycles. The van der Waals surface area contributed by atoms with Gasteiger partial charge in [0.25, 0.3) is 0 Å². The van der Waals surface area contributed by atoms with Crippen LogP contribution in [0.25, 0.3) is 0 Å². The zero-order chi connectivity index (χ0) is 29.9. The molecule has 0 fully saturated rings. The molecule has 0 radical (unpaired) electrons. The molecule has 0 spiro atoms. The minimum atomic E-state index is -1.02. The van der Waals surface area contributed by atoms with Gasteiger partial charge in [-0.1, -0.05) is 80.7 Å². The number of allylic oxidation sites excluding steroid dienone is 4. The van der Waals surface area contributed by atoms with Gasteiger partial charge in [0, 0.05) is 41.3 Å². The number of nitrogens with zero attached hydrogens (tertiary/aromatic N) is 1. The SMILES string of the molecule is Cc1ccc(COc2c(Cl)cc(C3C4=C(CC(C)(C)CC4=O)N(CC(=O)O)C4=C3C(=O)CC(C)(C)C4)cc2Cl)cc1. The molecule has 3 aliphatic rings. The molecule has 0 bridgehead atoms. The molecule has 6 nitrogen and oxygen atoms in total. The van der Waals surface area contributed by atoms with Gasteiger partial charge >= 0.3 is 5.97 Å². The number of ketones is 2. The normalized spacial score (nSPS) is 20.2. The van der Waals surface area contributed by atoms with E-state index in [-0.39, 0.29) is 45.6 Å². The van der Waals surface area contributed by atoms with Crippen LogP contribution in [0.15, 0.2) is 58.9 Å². The molecule has 2 aromatic rings. The lowest BCUT2D eigenvalue weighted by Crippen LogP contribution is -2.45. The number of aliphatic carboxylic acids is 1. The molecule has 0 atom stereocenters. The van der Waals surface area contributed by atoms with Crippen LogP contribution in [0.4, 0.5) is 0 Å². The Labute approximate surface area is 251 Å². The van der Waals surface area contributed by atoms with E-state index in [1.165, 1.54) is 0 Å². The van der Waals surface area contributed by atoms with Gasteiger partial charge in [-0.2, -0.15) is 0 Å². The highest BCUT2D eigenvalue weighted by Gasteiger charge is 2.49. The Bertz CT molecular complexity index is 1440. The Kier molecular flexibility index (Phi) is 7.62. The van der Waals surface area contributed by atoms with E-state index >= 15 is 0 Å². The van der Waals surface area contributed by atoms with Gasteiger partial charge in [0.05, 0.1) is 10.0 Å². The number of carboxylic acids is 1. The van der Waals surface area contributed by atoms with Crippen molar-refractivity contribution < 1.29 is 24.2 Å². The monoisotopic (exact) mass is 595 g/mol. The summed E-state index contributed by atoms with van der Waals surface area (Å²) in [6.45, 7) is 10.0. The molecule has 2 aliphatic carbocycles. The van der Waals surface area contributed by atoms with Crippen molar-refractivity contribution in [3.05, 3.63) is 85.7 Å². The van der Waals surface area contributed by atoms with E-state index in [2.05, 4.69) is 0 Å². The second kappa shape index (κ2) is 10.6. The molecule has 0 saturated heterocycles. The number of ether oxygens (including phenoxy) is 1. The number of benzene rings is 2. The Balaban J connectivity index is 1.64. The van der Waals surface area contributed by atoms with Crippen molar-refractivity contribution in [2.75, 3.05) is 6.54 Å². The molecule has 0 unspecified atom stereocenters. The third kappa shape index (κ3) is 5.82. The quantitative estimate of drug-likeness (QED) is 0.369. The molecule has 2 aromatic carbocycles. The summed E-state index contributed by atoms with van der Waals surface area (Å²) in [6, 6.07) is 11.4. The fourth-order valence-corrected chi connectivity index (χ4v) is 7.04. The fraction of sp³-hybridized carbons (Fsp3) is 0.424. The fourth-order valence-electron chi connectivity index (χ4n) is 6.43. The van der Waals surface area contributed by atoms with Crippen molar-refractivity contribution in [3.8, 4) is 5.75 Å². The Morgan fingerprint density at radius 1 is 0.902 bits per heavy atom. The average Bonchev–Trinajstić information content (AvgIpc) is 2.83. The summed E-state index contributed by atoms with van der Waals surface area (Å²) in [5.74, 6) is -1.55. The lowest BCUT2D eigenvalue weighted by molar-refractivity contribution is -0.138. The van der Waals surface area contributed by atoms with Crippen LogP contribution >= 0.6 is 23.2 Å². The molecular formula is C33H35Cl2NO5. The number of carbonyl (C=O) groups is 3.